The number of amides is 2. The Morgan fingerprint density at radius 1 is 1.02 bits per heavy atom. The lowest BCUT2D eigenvalue weighted by Gasteiger charge is -2.48. The zero-order chi connectivity index (χ0) is 40.3. The van der Waals surface area contributed by atoms with Crippen LogP contribution in [0.4, 0.5) is 0 Å². The van der Waals surface area contributed by atoms with Crippen LogP contribution < -0.4 is 10.6 Å². The van der Waals surface area contributed by atoms with E-state index in [1.807, 2.05) is 48.6 Å². The molecular weight excluding hydrogens is 734 g/mol. The van der Waals surface area contributed by atoms with E-state index in [1.165, 1.54) is 5.06 Å². The Hall–Kier alpha value is -5.12. The summed E-state index contributed by atoms with van der Waals surface area (Å²) >= 11 is 0. The fourth-order valence-corrected chi connectivity index (χ4v) is 8.17. The average Bonchev–Trinajstić information content (AvgIpc) is 3.81. The highest BCUT2D eigenvalue weighted by Gasteiger charge is 2.74. The third-order valence-corrected chi connectivity index (χ3v) is 10.8. The van der Waals surface area contributed by atoms with Gasteiger partial charge in [-0.2, -0.15) is 5.06 Å². The van der Waals surface area contributed by atoms with Crippen LogP contribution >= 0.6 is 0 Å². The Bertz CT molecular complexity index is 2010. The minimum atomic E-state index is -1.37. The van der Waals surface area contributed by atoms with E-state index in [-0.39, 0.29) is 51.5 Å². The fraction of sp³-hybridized carbons (Fsp3) is 0.442. The van der Waals surface area contributed by atoms with Crippen molar-refractivity contribution >= 4 is 29.8 Å². The van der Waals surface area contributed by atoms with Gasteiger partial charge in [0.1, 0.15) is 48.0 Å². The monoisotopic (exact) mass is 783 g/mol. The van der Waals surface area contributed by atoms with Crippen LogP contribution in [0.1, 0.15) is 72.6 Å². The number of nitrogens with zero attached hydrogens (tertiary/aromatic N) is 1. The number of ether oxygens (including phenoxy) is 4. The van der Waals surface area contributed by atoms with E-state index in [0.29, 0.717) is 17.5 Å². The van der Waals surface area contributed by atoms with Crippen LogP contribution in [-0.4, -0.2) is 94.5 Å². The van der Waals surface area contributed by atoms with E-state index in [2.05, 4.69) is 10.6 Å². The molecule has 0 spiro atoms. The molecule has 2 bridgehead atoms. The van der Waals surface area contributed by atoms with E-state index in [9.17, 15) is 29.4 Å². The van der Waals surface area contributed by atoms with Crippen molar-refractivity contribution in [1.29, 1.82) is 0 Å². The summed E-state index contributed by atoms with van der Waals surface area (Å²) in [6.45, 7) is 5.12. The smallest absolute Gasteiger partial charge is 0.327 e. The van der Waals surface area contributed by atoms with Gasteiger partial charge in [0.15, 0.2) is 6.04 Å². The molecule has 0 radical (unpaired) electrons. The number of fused-ring (bicyclic) bond motifs is 4. The van der Waals surface area contributed by atoms with Crippen LogP contribution in [0.5, 0.6) is 5.75 Å². The van der Waals surface area contributed by atoms with Crippen molar-refractivity contribution in [2.75, 3.05) is 13.4 Å². The first-order chi connectivity index (χ1) is 27.4. The molecule has 302 valence electrons. The summed E-state index contributed by atoms with van der Waals surface area (Å²) in [5.41, 5.74) is 1.42. The number of aromatic hydroxyl groups is 1. The van der Waals surface area contributed by atoms with Gasteiger partial charge in [0.2, 0.25) is 5.91 Å². The average molecular weight is 784 g/mol. The number of benzene rings is 3. The molecule has 4 N–H and O–H groups in total. The van der Waals surface area contributed by atoms with E-state index in [4.69, 9.17) is 23.8 Å². The van der Waals surface area contributed by atoms with Crippen molar-refractivity contribution in [2.45, 2.75) is 102 Å². The van der Waals surface area contributed by atoms with Crippen LogP contribution in [0, 0.1) is 5.41 Å². The van der Waals surface area contributed by atoms with Gasteiger partial charge in [-0.25, -0.2) is 0 Å². The van der Waals surface area contributed by atoms with Gasteiger partial charge in [0.05, 0.1) is 19.2 Å². The van der Waals surface area contributed by atoms with E-state index in [0.717, 1.165) is 16.7 Å². The number of aliphatic hydroxyl groups is 1. The highest BCUT2D eigenvalue weighted by atomic mass is 16.8. The second kappa shape index (κ2) is 16.8. The molecule has 2 amide bonds. The molecule has 4 aliphatic rings. The van der Waals surface area contributed by atoms with Gasteiger partial charge >= 0.3 is 11.9 Å². The first-order valence-corrected chi connectivity index (χ1v) is 19.3. The van der Waals surface area contributed by atoms with Crippen LogP contribution in [0.15, 0.2) is 78.9 Å². The molecule has 3 aromatic rings. The minimum Gasteiger partial charge on any atom is -0.508 e. The first-order valence-electron chi connectivity index (χ1n) is 19.3. The van der Waals surface area contributed by atoms with E-state index < -0.39 is 71.3 Å². The topological polar surface area (TPSA) is 182 Å². The molecule has 7 unspecified atom stereocenters. The maximum atomic E-state index is 14.6. The predicted molar refractivity (Wildman–Crippen MR) is 205 cm³/mol. The summed E-state index contributed by atoms with van der Waals surface area (Å²) in [5.74, 6) is -1.66. The number of rotatable bonds is 14. The Morgan fingerprint density at radius 3 is 2.54 bits per heavy atom. The lowest BCUT2D eigenvalue weighted by molar-refractivity contribution is -0.201. The SMILES string of the molecule is CC(C)(C)OC(=O)CCC(CO)NC(=O)c1cccc(CNC(=O)C23CC4OC(=O)C2N(Cc2ccccc2C=CCc2ccccc2O)OC3C2OCOC42)c1. The zero-order valence-electron chi connectivity index (χ0n) is 32.2. The third kappa shape index (κ3) is 8.60. The normalized spacial score (nSPS) is 25.8. The second-order valence-electron chi connectivity index (χ2n) is 15.9. The molecule has 7 rings (SSSR count). The number of allylic oxidation sites excluding steroid dienone is 1. The molecule has 1 saturated carbocycles. The molecule has 57 heavy (non-hydrogen) atoms. The summed E-state index contributed by atoms with van der Waals surface area (Å²) < 4.78 is 23.1. The summed E-state index contributed by atoms with van der Waals surface area (Å²) in [6.07, 6.45) is 1.99. The molecule has 4 fully saturated rings. The molecular formula is C43H49N3O11. The molecule has 14 heteroatoms. The van der Waals surface area contributed by atoms with Crippen molar-refractivity contribution in [3.05, 3.63) is 107 Å². The van der Waals surface area contributed by atoms with Crippen molar-refractivity contribution in [3.63, 3.8) is 0 Å². The van der Waals surface area contributed by atoms with Gasteiger partial charge < -0.3 is 39.8 Å². The molecule has 0 aromatic heterocycles. The highest BCUT2D eigenvalue weighted by Crippen LogP contribution is 2.55. The van der Waals surface area contributed by atoms with E-state index in [1.54, 1.807) is 57.2 Å². The summed E-state index contributed by atoms with van der Waals surface area (Å²) in [7, 11) is 0. The van der Waals surface area contributed by atoms with Crippen molar-refractivity contribution in [2.24, 2.45) is 5.41 Å². The Kier molecular flexibility index (Phi) is 11.8. The molecule has 3 saturated heterocycles. The Morgan fingerprint density at radius 2 is 1.77 bits per heavy atom. The predicted octanol–water partition coefficient (Wildman–Crippen LogP) is 3.72. The zero-order valence-corrected chi connectivity index (χ0v) is 32.2. The van der Waals surface area contributed by atoms with Crippen LogP contribution in [0.25, 0.3) is 6.08 Å². The number of phenols is 1. The number of esters is 2. The van der Waals surface area contributed by atoms with Crippen LogP contribution in [0.3, 0.4) is 0 Å². The van der Waals surface area contributed by atoms with Gasteiger partial charge in [-0.05, 0) is 74.1 Å². The van der Waals surface area contributed by atoms with Crippen molar-refractivity contribution in [3.8, 4) is 5.75 Å². The van der Waals surface area contributed by atoms with Gasteiger partial charge in [-0.3, -0.25) is 24.0 Å². The number of carbonyl (C=O) groups is 4. The number of para-hydroxylation sites is 1. The fourth-order valence-electron chi connectivity index (χ4n) is 8.17. The maximum absolute atomic E-state index is 14.6. The number of hydroxylamine groups is 2. The number of hydrogen-bond acceptors (Lipinski definition) is 12. The molecule has 3 aliphatic heterocycles. The highest BCUT2D eigenvalue weighted by molar-refractivity contribution is 5.95. The number of aliphatic hydroxyl groups excluding tert-OH is 1. The van der Waals surface area contributed by atoms with Gasteiger partial charge in [0, 0.05) is 24.9 Å². The Balaban J connectivity index is 1.06. The molecule has 14 nitrogen and oxygen atoms in total. The maximum Gasteiger partial charge on any atom is 0.327 e. The van der Waals surface area contributed by atoms with Crippen LogP contribution in [0.2, 0.25) is 0 Å². The van der Waals surface area contributed by atoms with Crippen molar-refractivity contribution in [1.82, 2.24) is 15.7 Å². The second-order valence-corrected chi connectivity index (χ2v) is 15.9. The molecule has 3 aromatic carbocycles. The lowest BCUT2D eigenvalue weighted by Crippen LogP contribution is -2.69. The first kappa shape index (κ1) is 40.1. The third-order valence-electron chi connectivity index (χ3n) is 10.8. The minimum absolute atomic E-state index is 0.0246. The molecule has 1 aliphatic carbocycles. The lowest BCUT2D eigenvalue weighted by atomic mass is 9.62. The standard InChI is InChI=1S/C43H49N3O11/c1-42(2,3)56-34(49)19-18-31(24-47)45-39(50)29-16-8-10-26(20-29)22-44-41(52)43-21-33-35-36(54-25-53-35)38(43)57-46(37(43)40(51)55-33)23-30-13-5-4-11-27(30)14-9-15-28-12-6-7-17-32(28)48/h4-14,16-17,20,31,33,35-38,47-48H,15,18-19,21-25H2,1-3H3,(H,44,52)(H,45,50). The largest absolute Gasteiger partial charge is 0.508 e. The molecule has 7 atom stereocenters. The van der Waals surface area contributed by atoms with Gasteiger partial charge in [0.25, 0.3) is 5.91 Å². The Labute approximate surface area is 331 Å². The van der Waals surface area contributed by atoms with Crippen LogP contribution in [-0.2, 0) is 57.7 Å². The summed E-state index contributed by atoms with van der Waals surface area (Å²) in [4.78, 5) is 60.5. The van der Waals surface area contributed by atoms with Crippen molar-refractivity contribution < 1.29 is 53.2 Å². The number of phenolic OH excluding ortho intramolecular Hbond substituents is 1. The molecule has 3 heterocycles. The van der Waals surface area contributed by atoms with Gasteiger partial charge in [-0.15, -0.1) is 0 Å². The van der Waals surface area contributed by atoms with Gasteiger partial charge in [-0.1, -0.05) is 66.7 Å². The quantitative estimate of drug-likeness (QED) is 0.174. The number of carbonyl (C=O) groups excluding carboxylic acids is 4. The summed E-state index contributed by atoms with van der Waals surface area (Å²) in [6, 6.07) is 19.8. The number of hydrogen-bond donors (Lipinski definition) is 4. The number of nitrogens with one attached hydrogen (secondary N) is 2. The summed E-state index contributed by atoms with van der Waals surface area (Å²) in [5, 5.41) is 27.4. The van der Waals surface area contributed by atoms with E-state index >= 15 is 0 Å².